The van der Waals surface area contributed by atoms with Crippen molar-refractivity contribution in [2.45, 2.75) is 26.3 Å². The number of hydrogen-bond acceptors (Lipinski definition) is 4. The van der Waals surface area contributed by atoms with Crippen molar-refractivity contribution in [2.24, 2.45) is 0 Å². The highest BCUT2D eigenvalue weighted by Gasteiger charge is 2.35. The lowest BCUT2D eigenvalue weighted by molar-refractivity contribution is -0.142. The Morgan fingerprint density at radius 2 is 2.22 bits per heavy atom. The van der Waals surface area contributed by atoms with Crippen molar-refractivity contribution in [3.63, 3.8) is 0 Å². The average molecular weight is 264 g/mol. The molecular formula is C13H16N2O2S. The number of rotatable bonds is 4. The van der Waals surface area contributed by atoms with E-state index in [4.69, 9.17) is 0 Å². The van der Waals surface area contributed by atoms with Crippen LogP contribution in [-0.4, -0.2) is 28.1 Å². The number of fused-ring (bicyclic) bond motifs is 1. The van der Waals surface area contributed by atoms with Gasteiger partial charge in [-0.1, -0.05) is 0 Å². The largest absolute Gasteiger partial charge is 0.480 e. The summed E-state index contributed by atoms with van der Waals surface area (Å²) in [6.45, 7) is 5.94. The smallest absolute Gasteiger partial charge is 0.328 e. The van der Waals surface area contributed by atoms with E-state index in [9.17, 15) is 9.90 Å². The minimum absolute atomic E-state index is 0.598. The Morgan fingerprint density at radius 1 is 1.50 bits per heavy atom. The summed E-state index contributed by atoms with van der Waals surface area (Å²) in [7, 11) is 0. The van der Waals surface area contributed by atoms with Crippen LogP contribution in [0.2, 0.25) is 0 Å². The van der Waals surface area contributed by atoms with Crippen molar-refractivity contribution in [1.82, 2.24) is 4.98 Å². The summed E-state index contributed by atoms with van der Waals surface area (Å²) < 4.78 is 1.12. The van der Waals surface area contributed by atoms with E-state index in [0.29, 0.717) is 6.54 Å². The fourth-order valence-corrected chi connectivity index (χ4v) is 2.80. The number of carboxylic acids is 1. The van der Waals surface area contributed by atoms with Crippen LogP contribution >= 0.6 is 11.3 Å². The van der Waals surface area contributed by atoms with Gasteiger partial charge >= 0.3 is 5.97 Å². The summed E-state index contributed by atoms with van der Waals surface area (Å²) in [5.41, 5.74) is -0.974. The molecule has 0 aromatic carbocycles. The number of anilines is 1. The quantitative estimate of drug-likeness (QED) is 0.922. The maximum Gasteiger partial charge on any atom is 0.328 e. The van der Waals surface area contributed by atoms with Crippen LogP contribution in [0.5, 0.6) is 0 Å². The molecule has 0 aliphatic rings. The highest BCUT2D eigenvalue weighted by molar-refractivity contribution is 7.17. The molecule has 5 heteroatoms. The number of pyridine rings is 1. The number of aliphatic carboxylic acids is 1. The van der Waals surface area contributed by atoms with Gasteiger partial charge in [0.25, 0.3) is 0 Å². The van der Waals surface area contributed by atoms with Crippen molar-refractivity contribution in [1.29, 1.82) is 0 Å². The molecule has 96 valence electrons. The summed E-state index contributed by atoms with van der Waals surface area (Å²) in [6, 6.07) is 3.94. The van der Waals surface area contributed by atoms with Crippen molar-refractivity contribution in [3.05, 3.63) is 23.7 Å². The second-order valence-corrected chi connectivity index (χ2v) is 5.52. The molecule has 0 bridgehead atoms. The lowest BCUT2D eigenvalue weighted by Crippen LogP contribution is -2.50. The van der Waals surface area contributed by atoms with E-state index in [-0.39, 0.29) is 0 Å². The molecule has 0 radical (unpaired) electrons. The molecule has 0 unspecified atom stereocenters. The zero-order valence-electron chi connectivity index (χ0n) is 10.7. The number of carboxylic acid groups (broad SMARTS) is 1. The highest BCUT2D eigenvalue weighted by Crippen LogP contribution is 2.32. The van der Waals surface area contributed by atoms with Gasteiger partial charge in [0.05, 0.1) is 0 Å². The second-order valence-electron chi connectivity index (χ2n) is 4.58. The van der Waals surface area contributed by atoms with Crippen molar-refractivity contribution in [2.75, 3.05) is 11.4 Å². The van der Waals surface area contributed by atoms with Crippen LogP contribution < -0.4 is 4.90 Å². The van der Waals surface area contributed by atoms with Gasteiger partial charge in [-0.3, -0.25) is 0 Å². The molecule has 0 saturated heterocycles. The van der Waals surface area contributed by atoms with E-state index in [1.165, 1.54) is 0 Å². The Bertz CT molecular complexity index is 577. The first-order valence-electron chi connectivity index (χ1n) is 5.81. The van der Waals surface area contributed by atoms with Gasteiger partial charge in [0.15, 0.2) is 0 Å². The summed E-state index contributed by atoms with van der Waals surface area (Å²) in [6.07, 6.45) is 1.73. The molecule has 0 aliphatic carbocycles. The van der Waals surface area contributed by atoms with Gasteiger partial charge in [-0.2, -0.15) is 0 Å². The summed E-state index contributed by atoms with van der Waals surface area (Å²) in [5, 5.41) is 12.4. The molecule has 0 spiro atoms. The van der Waals surface area contributed by atoms with Gasteiger partial charge in [0.2, 0.25) is 0 Å². The van der Waals surface area contributed by atoms with Gasteiger partial charge in [-0.05, 0) is 38.3 Å². The fourth-order valence-electron chi connectivity index (χ4n) is 2.02. The third-order valence-electron chi connectivity index (χ3n) is 3.13. The molecule has 0 aliphatic heterocycles. The molecule has 18 heavy (non-hydrogen) atoms. The number of thiophene rings is 1. The fraction of sp³-hybridized carbons (Fsp3) is 0.385. The molecule has 2 rings (SSSR count). The van der Waals surface area contributed by atoms with E-state index < -0.39 is 11.5 Å². The maximum absolute atomic E-state index is 11.4. The van der Waals surface area contributed by atoms with Gasteiger partial charge in [-0.25, -0.2) is 9.78 Å². The Labute approximate surface area is 110 Å². The van der Waals surface area contributed by atoms with Crippen LogP contribution in [0.15, 0.2) is 23.7 Å². The third-order valence-corrected chi connectivity index (χ3v) is 4.01. The second kappa shape index (κ2) is 4.57. The Balaban J connectivity index is 2.57. The van der Waals surface area contributed by atoms with Crippen molar-refractivity contribution in [3.8, 4) is 0 Å². The molecule has 0 atom stereocenters. The van der Waals surface area contributed by atoms with Crippen molar-refractivity contribution >= 4 is 33.2 Å². The van der Waals surface area contributed by atoms with E-state index in [1.807, 2.05) is 29.3 Å². The van der Waals surface area contributed by atoms with Crippen molar-refractivity contribution < 1.29 is 9.90 Å². The molecular weight excluding hydrogens is 248 g/mol. The standard InChI is InChI=1S/C13H16N2O2S/c1-4-15(13(2,3)12(16)17)11-9-6-8-18-10(9)5-7-14-11/h5-8H,4H2,1-3H3,(H,16,17). The van der Waals surface area contributed by atoms with E-state index >= 15 is 0 Å². The molecule has 4 nitrogen and oxygen atoms in total. The molecule has 1 N–H and O–H groups in total. The van der Waals surface area contributed by atoms with E-state index in [0.717, 1.165) is 15.9 Å². The first-order valence-corrected chi connectivity index (χ1v) is 6.69. The topological polar surface area (TPSA) is 53.4 Å². The summed E-state index contributed by atoms with van der Waals surface area (Å²) >= 11 is 1.63. The summed E-state index contributed by atoms with van der Waals surface area (Å²) in [5.74, 6) is -0.109. The van der Waals surface area contributed by atoms with E-state index in [2.05, 4.69) is 4.98 Å². The molecule has 2 aromatic rings. The lowest BCUT2D eigenvalue weighted by atomic mass is 10.0. The zero-order valence-corrected chi connectivity index (χ0v) is 11.5. The minimum atomic E-state index is -0.974. The molecule has 0 amide bonds. The van der Waals surface area contributed by atoms with Crippen LogP contribution in [-0.2, 0) is 4.79 Å². The highest BCUT2D eigenvalue weighted by atomic mass is 32.1. The molecule has 2 heterocycles. The predicted octanol–water partition coefficient (Wildman–Crippen LogP) is 2.99. The van der Waals surface area contributed by atoms with Crippen LogP contribution in [0.25, 0.3) is 10.1 Å². The van der Waals surface area contributed by atoms with Crippen LogP contribution in [0.3, 0.4) is 0 Å². The number of carbonyl (C=O) groups is 1. The Hall–Kier alpha value is -1.62. The van der Waals surface area contributed by atoms with Gasteiger partial charge in [0.1, 0.15) is 11.4 Å². The van der Waals surface area contributed by atoms with Crippen LogP contribution in [0.4, 0.5) is 5.82 Å². The Kier molecular flexibility index (Phi) is 3.26. The number of hydrogen-bond donors (Lipinski definition) is 1. The van der Waals surface area contributed by atoms with Gasteiger partial charge < -0.3 is 10.0 Å². The normalized spacial score (nSPS) is 11.7. The predicted molar refractivity (Wildman–Crippen MR) is 74.4 cm³/mol. The first-order chi connectivity index (χ1) is 8.48. The van der Waals surface area contributed by atoms with Gasteiger partial charge in [0, 0.05) is 22.8 Å². The van der Waals surface area contributed by atoms with E-state index in [1.54, 1.807) is 31.4 Å². The molecule has 0 saturated carbocycles. The van der Waals surface area contributed by atoms with Crippen LogP contribution in [0, 0.1) is 0 Å². The number of aromatic nitrogens is 1. The Morgan fingerprint density at radius 3 is 2.83 bits per heavy atom. The summed E-state index contributed by atoms with van der Waals surface area (Å²) in [4.78, 5) is 17.6. The number of likely N-dealkylation sites (N-methyl/N-ethyl adjacent to an activating group) is 1. The average Bonchev–Trinajstić information content (AvgIpc) is 2.78. The SMILES string of the molecule is CCN(c1nccc2sccc12)C(C)(C)C(=O)O. The third kappa shape index (κ3) is 1.95. The molecule has 2 aromatic heterocycles. The number of nitrogens with zero attached hydrogens (tertiary/aromatic N) is 2. The maximum atomic E-state index is 11.4. The first kappa shape index (κ1) is 12.8. The molecule has 0 fully saturated rings. The minimum Gasteiger partial charge on any atom is -0.480 e. The van der Waals surface area contributed by atoms with Gasteiger partial charge in [-0.15, -0.1) is 11.3 Å². The van der Waals surface area contributed by atoms with Crippen LogP contribution in [0.1, 0.15) is 20.8 Å². The lowest BCUT2D eigenvalue weighted by Gasteiger charge is -2.35. The monoisotopic (exact) mass is 264 g/mol. The zero-order chi connectivity index (χ0) is 13.3.